The van der Waals surface area contributed by atoms with Gasteiger partial charge in [0, 0.05) is 13.1 Å². The predicted molar refractivity (Wildman–Crippen MR) is 48.6 cm³/mol. The SMILES string of the molecule is O=C(C(F)F)N1CCC(OCCO)CC1. The van der Waals surface area contributed by atoms with E-state index in [0.29, 0.717) is 25.9 Å². The van der Waals surface area contributed by atoms with Crippen molar-refractivity contribution >= 4 is 5.91 Å². The van der Waals surface area contributed by atoms with Crippen molar-refractivity contribution in [2.45, 2.75) is 25.4 Å². The van der Waals surface area contributed by atoms with E-state index in [4.69, 9.17) is 9.84 Å². The number of aliphatic hydroxyl groups is 1. The highest BCUT2D eigenvalue weighted by molar-refractivity contribution is 5.79. The van der Waals surface area contributed by atoms with Gasteiger partial charge in [0.05, 0.1) is 19.3 Å². The molecule has 0 bridgehead atoms. The second-order valence-corrected chi connectivity index (χ2v) is 3.42. The molecule has 0 spiro atoms. The van der Waals surface area contributed by atoms with Gasteiger partial charge in [0.1, 0.15) is 0 Å². The van der Waals surface area contributed by atoms with Crippen LogP contribution in [-0.4, -0.2) is 54.7 Å². The van der Waals surface area contributed by atoms with Crippen molar-refractivity contribution < 1.29 is 23.4 Å². The maximum atomic E-state index is 12.1. The average Bonchev–Trinajstić information content (AvgIpc) is 2.26. The molecule has 0 radical (unpaired) electrons. The summed E-state index contributed by atoms with van der Waals surface area (Å²) < 4.78 is 29.4. The van der Waals surface area contributed by atoms with Crippen LogP contribution in [0.2, 0.25) is 0 Å². The maximum Gasteiger partial charge on any atom is 0.315 e. The molecule has 15 heavy (non-hydrogen) atoms. The lowest BCUT2D eigenvalue weighted by Crippen LogP contribution is -2.43. The number of carbonyl (C=O) groups excluding carboxylic acids is 1. The number of rotatable bonds is 4. The molecule has 0 aromatic heterocycles. The first-order valence-corrected chi connectivity index (χ1v) is 4.94. The molecule has 0 aromatic rings. The summed E-state index contributed by atoms with van der Waals surface area (Å²) in [7, 11) is 0. The first-order valence-electron chi connectivity index (χ1n) is 4.94. The van der Waals surface area contributed by atoms with Crippen LogP contribution in [0.4, 0.5) is 8.78 Å². The lowest BCUT2D eigenvalue weighted by atomic mass is 10.1. The van der Waals surface area contributed by atoms with E-state index >= 15 is 0 Å². The molecule has 88 valence electrons. The minimum Gasteiger partial charge on any atom is -0.394 e. The molecule has 0 aromatic carbocycles. The van der Waals surface area contributed by atoms with E-state index in [1.54, 1.807) is 0 Å². The minimum absolute atomic E-state index is 0.0288. The molecular weight excluding hydrogens is 208 g/mol. The van der Waals surface area contributed by atoms with Gasteiger partial charge in [-0.15, -0.1) is 0 Å². The van der Waals surface area contributed by atoms with Crippen LogP contribution in [0.5, 0.6) is 0 Å². The Morgan fingerprint density at radius 3 is 2.53 bits per heavy atom. The molecule has 0 atom stereocenters. The molecule has 0 saturated carbocycles. The van der Waals surface area contributed by atoms with Crippen LogP contribution in [0, 0.1) is 0 Å². The predicted octanol–water partition coefficient (Wildman–Crippen LogP) is 0.251. The molecule has 6 heteroatoms. The summed E-state index contributed by atoms with van der Waals surface area (Å²) in [5.74, 6) is -1.10. The van der Waals surface area contributed by atoms with E-state index in [9.17, 15) is 13.6 Å². The second-order valence-electron chi connectivity index (χ2n) is 3.42. The maximum absolute atomic E-state index is 12.1. The van der Waals surface area contributed by atoms with Crippen LogP contribution in [0.1, 0.15) is 12.8 Å². The summed E-state index contributed by atoms with van der Waals surface area (Å²) in [5.41, 5.74) is 0. The molecule has 1 aliphatic heterocycles. The third-order valence-electron chi connectivity index (χ3n) is 2.39. The Morgan fingerprint density at radius 1 is 1.47 bits per heavy atom. The Balaban J connectivity index is 2.26. The molecule has 1 rings (SSSR count). The van der Waals surface area contributed by atoms with Gasteiger partial charge < -0.3 is 14.7 Å². The third kappa shape index (κ3) is 3.71. The van der Waals surface area contributed by atoms with Crippen molar-refractivity contribution in [3.8, 4) is 0 Å². The van der Waals surface area contributed by atoms with E-state index in [-0.39, 0.29) is 19.3 Å². The smallest absolute Gasteiger partial charge is 0.315 e. The fourth-order valence-corrected chi connectivity index (χ4v) is 1.60. The standard InChI is InChI=1S/C9H15F2NO3/c10-8(11)9(14)12-3-1-7(2-4-12)15-6-5-13/h7-8,13H,1-6H2. The van der Waals surface area contributed by atoms with Crippen molar-refractivity contribution in [1.82, 2.24) is 4.90 Å². The molecular formula is C9H15F2NO3. The number of amides is 1. The topological polar surface area (TPSA) is 49.8 Å². The first-order chi connectivity index (χ1) is 7.15. The lowest BCUT2D eigenvalue weighted by molar-refractivity contribution is -0.145. The van der Waals surface area contributed by atoms with Gasteiger partial charge in [-0.1, -0.05) is 0 Å². The van der Waals surface area contributed by atoms with Crippen LogP contribution in [0.15, 0.2) is 0 Å². The van der Waals surface area contributed by atoms with Crippen LogP contribution in [0.3, 0.4) is 0 Å². The largest absolute Gasteiger partial charge is 0.394 e. The van der Waals surface area contributed by atoms with Gasteiger partial charge in [0.2, 0.25) is 0 Å². The number of aliphatic hydroxyl groups excluding tert-OH is 1. The van der Waals surface area contributed by atoms with Crippen LogP contribution in [0.25, 0.3) is 0 Å². The van der Waals surface area contributed by atoms with Crippen molar-refractivity contribution in [3.63, 3.8) is 0 Å². The molecule has 4 nitrogen and oxygen atoms in total. The van der Waals surface area contributed by atoms with Gasteiger partial charge in [-0.05, 0) is 12.8 Å². The number of hydrogen-bond donors (Lipinski definition) is 1. The number of carbonyl (C=O) groups is 1. The Morgan fingerprint density at radius 2 is 2.07 bits per heavy atom. The van der Waals surface area contributed by atoms with E-state index in [2.05, 4.69) is 0 Å². The van der Waals surface area contributed by atoms with Crippen molar-refractivity contribution in [2.75, 3.05) is 26.3 Å². The van der Waals surface area contributed by atoms with E-state index in [0.717, 1.165) is 4.90 Å². The summed E-state index contributed by atoms with van der Waals surface area (Å²) in [4.78, 5) is 12.1. The second kappa shape index (κ2) is 5.97. The summed E-state index contributed by atoms with van der Waals surface area (Å²) in [6.45, 7) is 0.822. The molecule has 0 unspecified atom stereocenters. The normalized spacial score (nSPS) is 18.5. The van der Waals surface area contributed by atoms with Crippen LogP contribution in [-0.2, 0) is 9.53 Å². The fraction of sp³-hybridized carbons (Fsp3) is 0.889. The number of hydrogen-bond acceptors (Lipinski definition) is 3. The summed E-state index contributed by atoms with van der Waals surface area (Å²) in [5, 5.41) is 8.52. The van der Waals surface area contributed by atoms with Gasteiger partial charge in [0.15, 0.2) is 0 Å². The highest BCUT2D eigenvalue weighted by Gasteiger charge is 2.27. The minimum atomic E-state index is -2.92. The van der Waals surface area contributed by atoms with Crippen molar-refractivity contribution in [2.24, 2.45) is 0 Å². The molecule has 1 fully saturated rings. The fourth-order valence-electron chi connectivity index (χ4n) is 1.60. The summed E-state index contributed by atoms with van der Waals surface area (Å²) >= 11 is 0. The Bertz CT molecular complexity index is 206. The van der Waals surface area contributed by atoms with E-state index in [1.165, 1.54) is 0 Å². The molecule has 1 aliphatic rings. The highest BCUT2D eigenvalue weighted by atomic mass is 19.3. The van der Waals surface area contributed by atoms with Crippen LogP contribution < -0.4 is 0 Å². The van der Waals surface area contributed by atoms with E-state index < -0.39 is 12.3 Å². The molecule has 1 heterocycles. The Hall–Kier alpha value is -0.750. The number of piperidine rings is 1. The first kappa shape index (κ1) is 12.3. The quantitative estimate of drug-likeness (QED) is 0.743. The average molecular weight is 223 g/mol. The third-order valence-corrected chi connectivity index (χ3v) is 2.39. The zero-order valence-corrected chi connectivity index (χ0v) is 8.36. The number of likely N-dealkylation sites (tertiary alicyclic amines) is 1. The Kier molecular flexibility index (Phi) is 4.90. The monoisotopic (exact) mass is 223 g/mol. The van der Waals surface area contributed by atoms with Gasteiger partial charge in [-0.25, -0.2) is 0 Å². The molecule has 1 amide bonds. The van der Waals surface area contributed by atoms with Gasteiger partial charge in [-0.3, -0.25) is 4.79 Å². The molecule has 1 N–H and O–H groups in total. The van der Waals surface area contributed by atoms with Crippen molar-refractivity contribution in [3.05, 3.63) is 0 Å². The van der Waals surface area contributed by atoms with Gasteiger partial charge >= 0.3 is 6.43 Å². The van der Waals surface area contributed by atoms with Crippen molar-refractivity contribution in [1.29, 1.82) is 0 Å². The summed E-state index contributed by atoms with van der Waals surface area (Å²) in [6, 6.07) is 0. The Labute approximate surface area is 86.8 Å². The number of alkyl halides is 2. The number of nitrogens with zero attached hydrogens (tertiary/aromatic N) is 1. The molecule has 0 aliphatic carbocycles. The summed E-state index contributed by atoms with van der Waals surface area (Å²) in [6.07, 6.45) is -1.84. The highest BCUT2D eigenvalue weighted by Crippen LogP contribution is 2.15. The lowest BCUT2D eigenvalue weighted by Gasteiger charge is -2.31. The van der Waals surface area contributed by atoms with Gasteiger partial charge in [-0.2, -0.15) is 8.78 Å². The van der Waals surface area contributed by atoms with Gasteiger partial charge in [0.25, 0.3) is 5.91 Å². The van der Waals surface area contributed by atoms with Crippen LogP contribution >= 0.6 is 0 Å². The number of halogens is 2. The number of ether oxygens (including phenoxy) is 1. The van der Waals surface area contributed by atoms with E-state index in [1.807, 2.05) is 0 Å². The molecule has 1 saturated heterocycles. The zero-order valence-electron chi connectivity index (χ0n) is 8.36. The zero-order chi connectivity index (χ0) is 11.3.